The largest absolute Gasteiger partial charge is 0.370 e. The van der Waals surface area contributed by atoms with E-state index in [0.717, 1.165) is 11.6 Å². The molecule has 0 fully saturated rings. The zero-order chi connectivity index (χ0) is 13.8. The van der Waals surface area contributed by atoms with Crippen LogP contribution < -0.4 is 10.6 Å². The second-order valence-electron chi connectivity index (χ2n) is 4.83. The van der Waals surface area contributed by atoms with Crippen LogP contribution in [0.15, 0.2) is 48.5 Å². The fourth-order valence-electron chi connectivity index (χ4n) is 2.17. The van der Waals surface area contributed by atoms with Gasteiger partial charge in [0.2, 0.25) is 0 Å². The Balaban J connectivity index is 2.20. The molecule has 0 saturated heterocycles. The van der Waals surface area contributed by atoms with Gasteiger partial charge in [0.25, 0.3) is 0 Å². The second-order valence-corrected chi connectivity index (χ2v) is 5.27. The summed E-state index contributed by atoms with van der Waals surface area (Å²) >= 11 is 5.90. The molecule has 2 N–H and O–H groups in total. The SMILES string of the molecule is C[C@H](N)c1ccccc1N(C)Cc1ccc(Cl)cc1. The third-order valence-electron chi connectivity index (χ3n) is 3.17. The van der Waals surface area contributed by atoms with E-state index in [2.05, 4.69) is 24.1 Å². The molecule has 0 heterocycles. The molecule has 2 aromatic rings. The molecule has 0 aliphatic rings. The summed E-state index contributed by atoms with van der Waals surface area (Å²) in [7, 11) is 2.08. The highest BCUT2D eigenvalue weighted by Gasteiger charge is 2.10. The van der Waals surface area contributed by atoms with Gasteiger partial charge in [-0.15, -0.1) is 0 Å². The van der Waals surface area contributed by atoms with Crippen molar-refractivity contribution in [2.45, 2.75) is 19.5 Å². The quantitative estimate of drug-likeness (QED) is 0.913. The number of nitrogens with zero attached hydrogens (tertiary/aromatic N) is 1. The zero-order valence-electron chi connectivity index (χ0n) is 11.3. The molecular weight excluding hydrogens is 256 g/mol. The first-order valence-corrected chi connectivity index (χ1v) is 6.76. The molecule has 0 aliphatic heterocycles. The highest BCUT2D eigenvalue weighted by Crippen LogP contribution is 2.25. The van der Waals surface area contributed by atoms with Crippen LogP contribution in [0.3, 0.4) is 0 Å². The maximum absolute atomic E-state index is 6.02. The summed E-state index contributed by atoms with van der Waals surface area (Å²) in [6.45, 7) is 2.84. The Morgan fingerprint density at radius 3 is 2.37 bits per heavy atom. The first-order chi connectivity index (χ1) is 9.08. The lowest BCUT2D eigenvalue weighted by molar-refractivity contribution is 0.801. The van der Waals surface area contributed by atoms with Gasteiger partial charge in [-0.3, -0.25) is 0 Å². The molecule has 0 radical (unpaired) electrons. The van der Waals surface area contributed by atoms with Crippen LogP contribution in [-0.2, 0) is 6.54 Å². The van der Waals surface area contributed by atoms with E-state index in [9.17, 15) is 0 Å². The number of para-hydroxylation sites is 1. The number of halogens is 1. The number of anilines is 1. The van der Waals surface area contributed by atoms with Gasteiger partial charge in [-0.05, 0) is 36.2 Å². The molecule has 0 spiro atoms. The summed E-state index contributed by atoms with van der Waals surface area (Å²) in [5.41, 5.74) is 9.59. The molecule has 0 saturated carbocycles. The lowest BCUT2D eigenvalue weighted by atomic mass is 10.1. The van der Waals surface area contributed by atoms with Crippen LogP contribution >= 0.6 is 11.6 Å². The zero-order valence-corrected chi connectivity index (χ0v) is 12.1. The van der Waals surface area contributed by atoms with Gasteiger partial charge in [-0.2, -0.15) is 0 Å². The summed E-state index contributed by atoms with van der Waals surface area (Å²) in [6.07, 6.45) is 0. The van der Waals surface area contributed by atoms with Crippen LogP contribution in [0.4, 0.5) is 5.69 Å². The van der Waals surface area contributed by atoms with Gasteiger partial charge in [0.15, 0.2) is 0 Å². The van der Waals surface area contributed by atoms with Crippen LogP contribution in [0.5, 0.6) is 0 Å². The minimum absolute atomic E-state index is 0.0314. The van der Waals surface area contributed by atoms with E-state index in [4.69, 9.17) is 17.3 Å². The molecule has 19 heavy (non-hydrogen) atoms. The normalized spacial score (nSPS) is 12.2. The minimum Gasteiger partial charge on any atom is -0.370 e. The molecule has 0 aliphatic carbocycles. The summed E-state index contributed by atoms with van der Waals surface area (Å²) in [6, 6.07) is 16.2. The molecule has 2 nitrogen and oxygen atoms in total. The molecule has 3 heteroatoms. The van der Waals surface area contributed by atoms with Gasteiger partial charge in [0.05, 0.1) is 0 Å². The highest BCUT2D eigenvalue weighted by molar-refractivity contribution is 6.30. The Hall–Kier alpha value is -1.51. The van der Waals surface area contributed by atoms with Crippen molar-refractivity contribution in [3.05, 3.63) is 64.7 Å². The van der Waals surface area contributed by atoms with E-state index in [1.165, 1.54) is 16.8 Å². The Morgan fingerprint density at radius 1 is 1.11 bits per heavy atom. The van der Waals surface area contributed by atoms with E-state index < -0.39 is 0 Å². The molecule has 0 bridgehead atoms. The average molecular weight is 275 g/mol. The third-order valence-corrected chi connectivity index (χ3v) is 3.42. The monoisotopic (exact) mass is 274 g/mol. The first kappa shape index (κ1) is 13.9. The fraction of sp³-hybridized carbons (Fsp3) is 0.250. The number of benzene rings is 2. The van der Waals surface area contributed by atoms with Gasteiger partial charge in [0.1, 0.15) is 0 Å². The van der Waals surface area contributed by atoms with Gasteiger partial charge in [0, 0.05) is 30.3 Å². The van der Waals surface area contributed by atoms with E-state index in [0.29, 0.717) is 0 Å². The van der Waals surface area contributed by atoms with Crippen molar-refractivity contribution in [3.63, 3.8) is 0 Å². The summed E-state index contributed by atoms with van der Waals surface area (Å²) in [4.78, 5) is 2.21. The van der Waals surface area contributed by atoms with E-state index in [1.807, 2.05) is 43.3 Å². The van der Waals surface area contributed by atoms with Crippen molar-refractivity contribution in [2.75, 3.05) is 11.9 Å². The lowest BCUT2D eigenvalue weighted by Gasteiger charge is -2.24. The van der Waals surface area contributed by atoms with Gasteiger partial charge in [-0.25, -0.2) is 0 Å². The Bertz CT molecular complexity index is 535. The highest BCUT2D eigenvalue weighted by atomic mass is 35.5. The molecule has 0 unspecified atom stereocenters. The molecule has 0 amide bonds. The molecular formula is C16H19ClN2. The summed E-state index contributed by atoms with van der Waals surface area (Å²) in [5, 5.41) is 0.766. The van der Waals surface area contributed by atoms with Crippen molar-refractivity contribution in [3.8, 4) is 0 Å². The molecule has 2 aromatic carbocycles. The van der Waals surface area contributed by atoms with Crippen molar-refractivity contribution >= 4 is 17.3 Å². The second kappa shape index (κ2) is 6.09. The van der Waals surface area contributed by atoms with Crippen LogP contribution in [0, 0.1) is 0 Å². The lowest BCUT2D eigenvalue weighted by Crippen LogP contribution is -2.20. The summed E-state index contributed by atoms with van der Waals surface area (Å²) in [5.74, 6) is 0. The maximum atomic E-state index is 6.02. The van der Waals surface area contributed by atoms with E-state index >= 15 is 0 Å². The summed E-state index contributed by atoms with van der Waals surface area (Å²) < 4.78 is 0. The smallest absolute Gasteiger partial charge is 0.0426 e. The molecule has 2 rings (SSSR count). The number of rotatable bonds is 4. The van der Waals surface area contributed by atoms with Crippen LogP contribution in [-0.4, -0.2) is 7.05 Å². The predicted octanol–water partition coefficient (Wildman–Crippen LogP) is 4.00. The van der Waals surface area contributed by atoms with Crippen molar-refractivity contribution in [2.24, 2.45) is 5.73 Å². The maximum Gasteiger partial charge on any atom is 0.0426 e. The average Bonchev–Trinajstić information content (AvgIpc) is 2.41. The first-order valence-electron chi connectivity index (χ1n) is 6.38. The number of nitrogens with two attached hydrogens (primary N) is 1. The van der Waals surface area contributed by atoms with Crippen molar-refractivity contribution in [1.29, 1.82) is 0 Å². The van der Waals surface area contributed by atoms with E-state index in [1.54, 1.807) is 0 Å². The topological polar surface area (TPSA) is 29.3 Å². The van der Waals surface area contributed by atoms with E-state index in [-0.39, 0.29) is 6.04 Å². The number of hydrogen-bond acceptors (Lipinski definition) is 2. The minimum atomic E-state index is 0.0314. The van der Waals surface area contributed by atoms with Gasteiger partial charge < -0.3 is 10.6 Å². The fourth-order valence-corrected chi connectivity index (χ4v) is 2.30. The predicted molar refractivity (Wildman–Crippen MR) is 82.6 cm³/mol. The molecule has 100 valence electrons. The molecule has 0 aromatic heterocycles. The van der Waals surface area contributed by atoms with Crippen molar-refractivity contribution in [1.82, 2.24) is 0 Å². The third kappa shape index (κ3) is 3.49. The van der Waals surface area contributed by atoms with Gasteiger partial charge >= 0.3 is 0 Å². The van der Waals surface area contributed by atoms with Gasteiger partial charge in [-0.1, -0.05) is 41.9 Å². The van der Waals surface area contributed by atoms with Crippen LogP contribution in [0.1, 0.15) is 24.1 Å². The van der Waals surface area contributed by atoms with Crippen LogP contribution in [0.2, 0.25) is 5.02 Å². The Labute approximate surface area is 119 Å². The standard InChI is InChI=1S/C16H19ClN2/c1-12(18)15-5-3-4-6-16(15)19(2)11-13-7-9-14(17)10-8-13/h3-10,12H,11,18H2,1-2H3/t12-/m0/s1. The Kier molecular flexibility index (Phi) is 4.46. The van der Waals surface area contributed by atoms with Crippen LogP contribution in [0.25, 0.3) is 0 Å². The number of hydrogen-bond donors (Lipinski definition) is 1. The molecule has 1 atom stereocenters. The Morgan fingerprint density at radius 2 is 1.74 bits per heavy atom. The van der Waals surface area contributed by atoms with Crippen molar-refractivity contribution < 1.29 is 0 Å².